The second-order valence-corrected chi connectivity index (χ2v) is 6.43. The first-order valence-electron chi connectivity index (χ1n) is 9.16. The Bertz CT molecular complexity index is 1180. The normalized spacial score (nSPS) is 10.4. The lowest BCUT2D eigenvalue weighted by Gasteiger charge is -2.07. The van der Waals surface area contributed by atoms with E-state index in [-0.39, 0.29) is 6.03 Å². The summed E-state index contributed by atoms with van der Waals surface area (Å²) in [5, 5.41) is 20.5. The van der Waals surface area contributed by atoms with Crippen LogP contribution in [0, 0.1) is 11.3 Å². The van der Waals surface area contributed by atoms with E-state index in [9.17, 15) is 10.1 Å². The predicted molar refractivity (Wildman–Crippen MR) is 111 cm³/mol. The number of anilines is 1. The molecule has 0 radical (unpaired) electrons. The highest BCUT2D eigenvalue weighted by atomic mass is 16.2. The molecule has 2 amide bonds. The van der Waals surface area contributed by atoms with Crippen LogP contribution < -0.4 is 10.6 Å². The molecule has 0 fully saturated rings. The van der Waals surface area contributed by atoms with Gasteiger partial charge in [0.15, 0.2) is 5.69 Å². The molecule has 2 N–H and O–H groups in total. The molecule has 2 aromatic heterocycles. The molecule has 2 heterocycles. The van der Waals surface area contributed by atoms with Crippen molar-refractivity contribution in [3.8, 4) is 11.8 Å². The van der Waals surface area contributed by atoms with Crippen molar-refractivity contribution in [3.63, 3.8) is 0 Å². The van der Waals surface area contributed by atoms with Crippen LogP contribution in [0.2, 0.25) is 0 Å². The minimum atomic E-state index is -0.290. The zero-order chi connectivity index (χ0) is 20.1. The van der Waals surface area contributed by atoms with E-state index in [0.717, 1.165) is 23.1 Å². The summed E-state index contributed by atoms with van der Waals surface area (Å²) in [7, 11) is 0. The number of amides is 2. The molecule has 0 unspecified atom stereocenters. The Morgan fingerprint density at radius 1 is 1.07 bits per heavy atom. The standard InChI is InChI=1S/C22H18N6O/c23-15-21-19-7-6-17(14-20(19)27-28(21)18-4-2-1-3-5-18)26-22(29)25-13-10-16-8-11-24-12-9-16/h1-9,11-12,14H,10,13H2,(H2,25,26,29). The number of para-hydroxylation sites is 1. The molecule has 0 aliphatic heterocycles. The van der Waals surface area contributed by atoms with Crippen LogP contribution in [0.4, 0.5) is 10.5 Å². The molecule has 7 nitrogen and oxygen atoms in total. The highest BCUT2D eigenvalue weighted by Crippen LogP contribution is 2.24. The minimum absolute atomic E-state index is 0.290. The molecule has 0 saturated carbocycles. The van der Waals surface area contributed by atoms with Gasteiger partial charge in [-0.1, -0.05) is 18.2 Å². The summed E-state index contributed by atoms with van der Waals surface area (Å²) >= 11 is 0. The van der Waals surface area contributed by atoms with Gasteiger partial charge < -0.3 is 10.6 Å². The maximum absolute atomic E-state index is 12.2. The third-order valence-electron chi connectivity index (χ3n) is 4.49. The molecular weight excluding hydrogens is 364 g/mol. The predicted octanol–water partition coefficient (Wildman–Crippen LogP) is 3.66. The van der Waals surface area contributed by atoms with E-state index < -0.39 is 0 Å². The number of aromatic nitrogens is 3. The fourth-order valence-electron chi connectivity index (χ4n) is 3.07. The van der Waals surface area contributed by atoms with Crippen LogP contribution in [0.1, 0.15) is 11.3 Å². The van der Waals surface area contributed by atoms with Gasteiger partial charge >= 0.3 is 6.03 Å². The van der Waals surface area contributed by atoms with E-state index in [1.807, 2.05) is 42.5 Å². The number of carbonyl (C=O) groups excluding carboxylic acids is 1. The number of pyridine rings is 1. The van der Waals surface area contributed by atoms with Crippen molar-refractivity contribution in [1.82, 2.24) is 20.1 Å². The minimum Gasteiger partial charge on any atom is -0.338 e. The number of benzene rings is 2. The van der Waals surface area contributed by atoms with Gasteiger partial charge in [0.25, 0.3) is 0 Å². The van der Waals surface area contributed by atoms with Gasteiger partial charge in [0.1, 0.15) is 6.07 Å². The maximum Gasteiger partial charge on any atom is 0.319 e. The van der Waals surface area contributed by atoms with Gasteiger partial charge in [-0.15, -0.1) is 0 Å². The Hall–Kier alpha value is -4.18. The van der Waals surface area contributed by atoms with Crippen LogP contribution in [0.15, 0.2) is 73.1 Å². The highest BCUT2D eigenvalue weighted by Gasteiger charge is 2.13. The maximum atomic E-state index is 12.2. The largest absolute Gasteiger partial charge is 0.338 e. The average Bonchev–Trinajstić information content (AvgIpc) is 3.13. The van der Waals surface area contributed by atoms with Crippen LogP contribution in [0.5, 0.6) is 0 Å². The lowest BCUT2D eigenvalue weighted by molar-refractivity contribution is 0.252. The molecule has 0 bridgehead atoms. The Balaban J connectivity index is 1.47. The number of hydrogen-bond acceptors (Lipinski definition) is 4. The van der Waals surface area contributed by atoms with Crippen LogP contribution in [0.3, 0.4) is 0 Å². The van der Waals surface area contributed by atoms with Crippen molar-refractivity contribution in [2.24, 2.45) is 0 Å². The molecule has 0 aliphatic carbocycles. The summed E-state index contributed by atoms with van der Waals surface area (Å²) in [5.74, 6) is 0. The summed E-state index contributed by atoms with van der Waals surface area (Å²) in [6, 6.07) is 20.6. The number of nitrogens with one attached hydrogen (secondary N) is 2. The zero-order valence-corrected chi connectivity index (χ0v) is 15.5. The zero-order valence-electron chi connectivity index (χ0n) is 15.5. The van der Waals surface area contributed by atoms with E-state index in [0.29, 0.717) is 23.4 Å². The van der Waals surface area contributed by atoms with Gasteiger partial charge in [-0.3, -0.25) is 4.98 Å². The first-order chi connectivity index (χ1) is 14.2. The second-order valence-electron chi connectivity index (χ2n) is 6.43. The molecule has 0 aliphatic rings. The summed E-state index contributed by atoms with van der Waals surface area (Å²) in [6.45, 7) is 0.513. The molecule has 142 valence electrons. The first-order valence-corrected chi connectivity index (χ1v) is 9.16. The lowest BCUT2D eigenvalue weighted by atomic mass is 10.2. The van der Waals surface area contributed by atoms with Crippen molar-refractivity contribution >= 4 is 22.6 Å². The first kappa shape index (κ1) is 18.2. The molecule has 0 spiro atoms. The van der Waals surface area contributed by atoms with Crippen molar-refractivity contribution in [2.75, 3.05) is 11.9 Å². The second kappa shape index (κ2) is 8.23. The van der Waals surface area contributed by atoms with Crippen LogP contribution in [0.25, 0.3) is 16.6 Å². The Kier molecular flexibility index (Phi) is 5.16. The molecule has 29 heavy (non-hydrogen) atoms. The quantitative estimate of drug-likeness (QED) is 0.551. The average molecular weight is 382 g/mol. The fourth-order valence-corrected chi connectivity index (χ4v) is 3.07. The summed E-state index contributed by atoms with van der Waals surface area (Å²) < 4.78 is 1.61. The Morgan fingerprint density at radius 2 is 1.86 bits per heavy atom. The third kappa shape index (κ3) is 4.06. The lowest BCUT2D eigenvalue weighted by Crippen LogP contribution is -2.30. The van der Waals surface area contributed by atoms with E-state index in [4.69, 9.17) is 0 Å². The molecule has 0 saturated heterocycles. The summed E-state index contributed by atoms with van der Waals surface area (Å²) in [4.78, 5) is 16.2. The molecule has 4 rings (SSSR count). The Morgan fingerprint density at radius 3 is 2.62 bits per heavy atom. The van der Waals surface area contributed by atoms with Gasteiger partial charge in [0, 0.05) is 30.0 Å². The van der Waals surface area contributed by atoms with Crippen LogP contribution in [-0.4, -0.2) is 27.3 Å². The smallest absolute Gasteiger partial charge is 0.319 e. The van der Waals surface area contributed by atoms with Gasteiger partial charge in [0.05, 0.1) is 11.2 Å². The van der Waals surface area contributed by atoms with Crippen molar-refractivity contribution < 1.29 is 4.79 Å². The highest BCUT2D eigenvalue weighted by molar-refractivity contribution is 5.93. The molecule has 0 atom stereocenters. The number of carbonyl (C=O) groups is 1. The van der Waals surface area contributed by atoms with E-state index in [1.54, 1.807) is 35.3 Å². The van der Waals surface area contributed by atoms with Crippen molar-refractivity contribution in [1.29, 1.82) is 5.26 Å². The van der Waals surface area contributed by atoms with Gasteiger partial charge in [-0.05, 0) is 54.4 Å². The summed E-state index contributed by atoms with van der Waals surface area (Å²) in [6.07, 6.45) is 4.19. The van der Waals surface area contributed by atoms with Gasteiger partial charge in [0.2, 0.25) is 0 Å². The van der Waals surface area contributed by atoms with Crippen molar-refractivity contribution in [3.05, 3.63) is 84.3 Å². The van der Waals surface area contributed by atoms with Crippen molar-refractivity contribution in [2.45, 2.75) is 6.42 Å². The van der Waals surface area contributed by atoms with E-state index in [1.165, 1.54) is 0 Å². The number of nitrogens with zero attached hydrogens (tertiary/aromatic N) is 4. The van der Waals surface area contributed by atoms with Gasteiger partial charge in [-0.2, -0.15) is 10.4 Å². The summed E-state index contributed by atoms with van der Waals surface area (Å²) in [5.41, 5.74) is 3.63. The monoisotopic (exact) mass is 382 g/mol. The van der Waals surface area contributed by atoms with Crippen LogP contribution in [-0.2, 0) is 6.42 Å². The number of nitriles is 1. The molecule has 7 heteroatoms. The van der Waals surface area contributed by atoms with E-state index in [2.05, 4.69) is 26.8 Å². The third-order valence-corrected chi connectivity index (χ3v) is 4.49. The number of hydrogen-bond donors (Lipinski definition) is 2. The number of fused-ring (bicyclic) bond motifs is 1. The number of rotatable bonds is 5. The topological polar surface area (TPSA) is 95.6 Å². The van der Waals surface area contributed by atoms with Gasteiger partial charge in [-0.25, -0.2) is 9.48 Å². The van der Waals surface area contributed by atoms with Crippen LogP contribution >= 0.6 is 0 Å². The number of urea groups is 1. The fraction of sp³-hybridized carbons (Fsp3) is 0.0909. The molecule has 4 aromatic rings. The molecular formula is C22H18N6O. The SMILES string of the molecule is N#Cc1c2ccc(NC(=O)NCCc3ccncc3)cc2nn1-c1ccccc1. The van der Waals surface area contributed by atoms with E-state index >= 15 is 0 Å². The molecule has 2 aromatic carbocycles. The Labute approximate surface area is 167 Å².